The minimum absolute atomic E-state index is 0.108. The highest BCUT2D eigenvalue weighted by Crippen LogP contribution is 2.13. The van der Waals surface area contributed by atoms with Gasteiger partial charge in [0, 0.05) is 0 Å². The molecule has 0 saturated carbocycles. The van der Waals surface area contributed by atoms with Crippen LogP contribution in [0.1, 0.15) is 12.5 Å². The second kappa shape index (κ2) is 5.14. The monoisotopic (exact) mass is 259 g/mol. The lowest BCUT2D eigenvalue weighted by Crippen LogP contribution is -2.51. The molecule has 3 N–H and O–H groups in total. The van der Waals surface area contributed by atoms with E-state index in [2.05, 4.69) is 4.72 Å². The number of aliphatic hydroxyl groups excluding tert-OH is 2. The molecule has 1 aromatic carbocycles. The Hall–Kier alpha value is -0.950. The molecule has 6 heteroatoms. The van der Waals surface area contributed by atoms with Gasteiger partial charge in [-0.1, -0.05) is 17.7 Å². The first kappa shape index (κ1) is 14.1. The fourth-order valence-corrected chi connectivity index (χ4v) is 2.61. The van der Waals surface area contributed by atoms with E-state index in [1.54, 1.807) is 12.1 Å². The molecular weight excluding hydrogens is 242 g/mol. The van der Waals surface area contributed by atoms with Crippen molar-refractivity contribution in [2.24, 2.45) is 0 Å². The summed E-state index contributed by atoms with van der Waals surface area (Å²) in [6.07, 6.45) is 0. The van der Waals surface area contributed by atoms with Gasteiger partial charge >= 0.3 is 0 Å². The van der Waals surface area contributed by atoms with Crippen LogP contribution in [0.2, 0.25) is 0 Å². The topological polar surface area (TPSA) is 86.6 Å². The summed E-state index contributed by atoms with van der Waals surface area (Å²) >= 11 is 0. The van der Waals surface area contributed by atoms with Gasteiger partial charge in [-0.15, -0.1) is 0 Å². The molecule has 0 spiro atoms. The van der Waals surface area contributed by atoms with Gasteiger partial charge in [-0.25, -0.2) is 13.1 Å². The maximum Gasteiger partial charge on any atom is 0.241 e. The Labute approximate surface area is 101 Å². The summed E-state index contributed by atoms with van der Waals surface area (Å²) in [5.41, 5.74) is -0.306. The van der Waals surface area contributed by atoms with Crippen LogP contribution in [0.3, 0.4) is 0 Å². The molecule has 0 atom stereocenters. The first-order chi connectivity index (χ1) is 7.83. The van der Waals surface area contributed by atoms with Crippen molar-refractivity contribution in [3.05, 3.63) is 29.8 Å². The van der Waals surface area contributed by atoms with Gasteiger partial charge < -0.3 is 10.2 Å². The zero-order chi connectivity index (χ0) is 13.1. The summed E-state index contributed by atoms with van der Waals surface area (Å²) in [5.74, 6) is 0. The number of benzene rings is 1. The summed E-state index contributed by atoms with van der Waals surface area (Å²) in [5, 5.41) is 18.1. The predicted molar refractivity (Wildman–Crippen MR) is 64.1 cm³/mol. The van der Waals surface area contributed by atoms with Crippen molar-refractivity contribution in [3.63, 3.8) is 0 Å². The van der Waals surface area contributed by atoms with E-state index < -0.39 is 28.8 Å². The van der Waals surface area contributed by atoms with Gasteiger partial charge in [0.15, 0.2) is 0 Å². The van der Waals surface area contributed by atoms with Crippen LogP contribution in [0, 0.1) is 6.92 Å². The molecule has 0 aliphatic heterocycles. The molecule has 0 saturated heterocycles. The summed E-state index contributed by atoms with van der Waals surface area (Å²) < 4.78 is 26.2. The third-order valence-corrected chi connectivity index (χ3v) is 4.06. The third kappa shape index (κ3) is 3.50. The highest BCUT2D eigenvalue weighted by Gasteiger charge is 2.29. The van der Waals surface area contributed by atoms with Gasteiger partial charge in [-0.05, 0) is 26.0 Å². The maximum absolute atomic E-state index is 11.9. The summed E-state index contributed by atoms with van der Waals surface area (Å²) in [6, 6.07) is 6.33. The number of sulfonamides is 1. The zero-order valence-corrected chi connectivity index (χ0v) is 10.7. The first-order valence-electron chi connectivity index (χ1n) is 5.15. The van der Waals surface area contributed by atoms with Gasteiger partial charge in [0.05, 0.1) is 23.6 Å². The lowest BCUT2D eigenvalue weighted by molar-refractivity contribution is 0.122. The van der Waals surface area contributed by atoms with E-state index in [0.717, 1.165) is 5.56 Å². The van der Waals surface area contributed by atoms with Crippen molar-refractivity contribution in [3.8, 4) is 0 Å². The van der Waals surface area contributed by atoms with Crippen LogP contribution in [-0.2, 0) is 10.0 Å². The molecular formula is C11H17NO4S. The molecule has 0 amide bonds. The van der Waals surface area contributed by atoms with E-state index in [4.69, 9.17) is 10.2 Å². The Balaban J connectivity index is 3.00. The molecule has 0 unspecified atom stereocenters. The molecule has 1 aromatic rings. The molecule has 0 radical (unpaired) electrons. The standard InChI is InChI=1S/C11H17NO4S/c1-9-3-5-10(6-4-9)17(15,16)12-11(2,7-13)8-14/h3-6,12-14H,7-8H2,1-2H3. The van der Waals surface area contributed by atoms with E-state index in [9.17, 15) is 8.42 Å². The third-order valence-electron chi connectivity index (χ3n) is 2.41. The van der Waals surface area contributed by atoms with Crippen LogP contribution >= 0.6 is 0 Å². The quantitative estimate of drug-likeness (QED) is 0.695. The number of aliphatic hydroxyl groups is 2. The number of nitrogens with one attached hydrogen (secondary N) is 1. The van der Waals surface area contributed by atoms with Crippen LogP contribution < -0.4 is 4.72 Å². The van der Waals surface area contributed by atoms with Gasteiger partial charge in [-0.3, -0.25) is 0 Å². The van der Waals surface area contributed by atoms with Crippen molar-refractivity contribution in [1.82, 2.24) is 4.72 Å². The van der Waals surface area contributed by atoms with Gasteiger partial charge in [0.25, 0.3) is 0 Å². The number of aryl methyl sites for hydroxylation is 1. The molecule has 0 aliphatic carbocycles. The van der Waals surface area contributed by atoms with Crippen LogP contribution in [-0.4, -0.2) is 37.4 Å². The Morgan fingerprint density at radius 3 is 2.06 bits per heavy atom. The van der Waals surface area contributed by atoms with Crippen molar-refractivity contribution in [2.45, 2.75) is 24.3 Å². The minimum atomic E-state index is -3.73. The first-order valence-corrected chi connectivity index (χ1v) is 6.64. The predicted octanol–water partition coefficient (Wildman–Crippen LogP) is 0.0166. The number of hydrogen-bond donors (Lipinski definition) is 3. The van der Waals surface area contributed by atoms with E-state index in [1.807, 2.05) is 6.92 Å². The molecule has 96 valence electrons. The lowest BCUT2D eigenvalue weighted by Gasteiger charge is -2.25. The average Bonchev–Trinajstić information content (AvgIpc) is 2.29. The fourth-order valence-electron chi connectivity index (χ4n) is 1.22. The summed E-state index contributed by atoms with van der Waals surface area (Å²) in [6.45, 7) is 2.33. The van der Waals surface area contributed by atoms with Gasteiger partial charge in [0.1, 0.15) is 0 Å². The van der Waals surface area contributed by atoms with Crippen LogP contribution in [0.25, 0.3) is 0 Å². The largest absolute Gasteiger partial charge is 0.394 e. The van der Waals surface area contributed by atoms with Crippen molar-refractivity contribution in [1.29, 1.82) is 0 Å². The van der Waals surface area contributed by atoms with E-state index in [1.165, 1.54) is 19.1 Å². The van der Waals surface area contributed by atoms with E-state index in [-0.39, 0.29) is 4.90 Å². The smallest absolute Gasteiger partial charge is 0.241 e. The molecule has 1 rings (SSSR count). The van der Waals surface area contributed by atoms with Crippen LogP contribution in [0.15, 0.2) is 29.2 Å². The summed E-state index contributed by atoms with van der Waals surface area (Å²) in [7, 11) is -3.73. The molecule has 0 heterocycles. The van der Waals surface area contributed by atoms with Gasteiger partial charge in [0.2, 0.25) is 10.0 Å². The van der Waals surface area contributed by atoms with E-state index in [0.29, 0.717) is 0 Å². The summed E-state index contributed by atoms with van der Waals surface area (Å²) in [4.78, 5) is 0.108. The second-order valence-electron chi connectivity index (χ2n) is 4.30. The van der Waals surface area contributed by atoms with Crippen LogP contribution in [0.4, 0.5) is 0 Å². The van der Waals surface area contributed by atoms with E-state index >= 15 is 0 Å². The normalized spacial score (nSPS) is 12.7. The van der Waals surface area contributed by atoms with Gasteiger partial charge in [-0.2, -0.15) is 0 Å². The molecule has 5 nitrogen and oxygen atoms in total. The molecule has 0 bridgehead atoms. The zero-order valence-electron chi connectivity index (χ0n) is 9.84. The Bertz CT molecular complexity index is 463. The van der Waals surface area contributed by atoms with Crippen molar-refractivity contribution >= 4 is 10.0 Å². The highest BCUT2D eigenvalue weighted by atomic mass is 32.2. The van der Waals surface area contributed by atoms with Crippen molar-refractivity contribution < 1.29 is 18.6 Å². The minimum Gasteiger partial charge on any atom is -0.394 e. The Morgan fingerprint density at radius 1 is 1.18 bits per heavy atom. The fraction of sp³-hybridized carbons (Fsp3) is 0.455. The van der Waals surface area contributed by atoms with Crippen LogP contribution in [0.5, 0.6) is 0 Å². The Kier molecular flexibility index (Phi) is 4.26. The Morgan fingerprint density at radius 2 is 1.65 bits per heavy atom. The lowest BCUT2D eigenvalue weighted by atomic mass is 10.1. The average molecular weight is 259 g/mol. The second-order valence-corrected chi connectivity index (χ2v) is 5.98. The maximum atomic E-state index is 11.9. The highest BCUT2D eigenvalue weighted by molar-refractivity contribution is 7.89. The molecule has 0 aromatic heterocycles. The van der Waals surface area contributed by atoms with Crippen molar-refractivity contribution in [2.75, 3.05) is 13.2 Å². The number of hydrogen-bond acceptors (Lipinski definition) is 4. The molecule has 0 aliphatic rings. The molecule has 17 heavy (non-hydrogen) atoms. The SMILES string of the molecule is Cc1ccc(S(=O)(=O)NC(C)(CO)CO)cc1. The number of rotatable bonds is 5. The molecule has 0 fully saturated rings.